The first kappa shape index (κ1) is 22.0. The highest BCUT2D eigenvalue weighted by Gasteiger charge is 2.10. The molecule has 0 heterocycles. The third kappa shape index (κ3) is 6.14. The summed E-state index contributed by atoms with van der Waals surface area (Å²) in [5.41, 5.74) is 5.10. The second-order valence-corrected chi connectivity index (χ2v) is 8.04. The van der Waals surface area contributed by atoms with Gasteiger partial charge in [-0.3, -0.25) is 0 Å². The Morgan fingerprint density at radius 1 is 0.533 bits per heavy atom. The first-order valence-corrected chi connectivity index (χ1v) is 10.7. The number of allylic oxidation sites excluding steroid dienone is 2. The van der Waals surface area contributed by atoms with Crippen LogP contribution in [0.5, 0.6) is 17.2 Å². The van der Waals surface area contributed by atoms with Gasteiger partial charge in [0.05, 0.1) is 21.3 Å². The van der Waals surface area contributed by atoms with Gasteiger partial charge in [-0.25, -0.2) is 0 Å². The molecule has 0 aromatic heterocycles. The molecule has 4 heteroatoms. The molecule has 0 N–H and O–H groups in total. The van der Waals surface area contributed by atoms with Crippen LogP contribution >= 0.6 is 15.9 Å². The first-order chi connectivity index (χ1) is 14.6. The minimum atomic E-state index is 0.839. The molecule has 0 unspecified atom stereocenters. The first-order valence-electron chi connectivity index (χ1n) is 9.86. The second-order valence-electron chi connectivity index (χ2n) is 7.08. The topological polar surface area (TPSA) is 27.7 Å². The van der Waals surface area contributed by atoms with E-state index in [9.17, 15) is 0 Å². The average Bonchev–Trinajstić information content (AvgIpc) is 2.80. The number of rotatable bonds is 9. The highest BCUT2D eigenvalue weighted by molar-refractivity contribution is 9.11. The third-order valence-electron chi connectivity index (χ3n) is 5.06. The van der Waals surface area contributed by atoms with Gasteiger partial charge >= 0.3 is 0 Å². The summed E-state index contributed by atoms with van der Waals surface area (Å²) in [7, 11) is 5.07. The Kier molecular flexibility index (Phi) is 7.97. The van der Waals surface area contributed by atoms with Crippen molar-refractivity contribution in [3.63, 3.8) is 0 Å². The predicted molar refractivity (Wildman–Crippen MR) is 126 cm³/mol. The van der Waals surface area contributed by atoms with Gasteiger partial charge in [-0.1, -0.05) is 57.9 Å². The van der Waals surface area contributed by atoms with E-state index in [0.29, 0.717) is 0 Å². The Balaban J connectivity index is 1.85. The maximum Gasteiger partial charge on any atom is 0.118 e. The monoisotopic (exact) mass is 466 g/mol. The van der Waals surface area contributed by atoms with Crippen molar-refractivity contribution in [2.24, 2.45) is 0 Å². The van der Waals surface area contributed by atoms with Crippen molar-refractivity contribution >= 4 is 15.9 Å². The lowest BCUT2D eigenvalue weighted by molar-refractivity contribution is 0.414. The van der Waals surface area contributed by atoms with Gasteiger partial charge in [0, 0.05) is 6.42 Å². The van der Waals surface area contributed by atoms with Crippen molar-refractivity contribution in [1.29, 1.82) is 0 Å². The molecule has 3 nitrogen and oxygen atoms in total. The molecular weight excluding hydrogens is 440 g/mol. The number of hydrogen-bond acceptors (Lipinski definition) is 3. The third-order valence-corrected chi connectivity index (χ3v) is 5.90. The van der Waals surface area contributed by atoms with E-state index in [0.717, 1.165) is 36.5 Å². The highest BCUT2D eigenvalue weighted by atomic mass is 79.9. The van der Waals surface area contributed by atoms with Crippen molar-refractivity contribution in [2.75, 3.05) is 21.3 Å². The highest BCUT2D eigenvalue weighted by Crippen LogP contribution is 2.27. The molecule has 30 heavy (non-hydrogen) atoms. The minimum Gasteiger partial charge on any atom is -0.497 e. The molecule has 0 amide bonds. The fourth-order valence-electron chi connectivity index (χ4n) is 3.28. The minimum absolute atomic E-state index is 0.839. The lowest BCUT2D eigenvalue weighted by Gasteiger charge is -2.14. The summed E-state index contributed by atoms with van der Waals surface area (Å²) in [5, 5.41) is 0. The van der Waals surface area contributed by atoms with Gasteiger partial charge in [0.2, 0.25) is 0 Å². The van der Waals surface area contributed by atoms with Crippen molar-refractivity contribution in [1.82, 2.24) is 0 Å². The van der Waals surface area contributed by atoms with E-state index in [-0.39, 0.29) is 0 Å². The fraction of sp³-hybridized carbons (Fsp3) is 0.231. The molecule has 0 aliphatic heterocycles. The van der Waals surface area contributed by atoms with Crippen LogP contribution in [0.4, 0.5) is 0 Å². The SMILES string of the molecule is COc1ccc(CC(Br)=C(Cc2ccc(OC)cc2)Cc2ccc(OC)cc2)cc1. The van der Waals surface area contributed by atoms with Crippen molar-refractivity contribution < 1.29 is 14.2 Å². The molecule has 0 aliphatic rings. The van der Waals surface area contributed by atoms with Crippen LogP contribution in [0.1, 0.15) is 16.7 Å². The summed E-state index contributed by atoms with van der Waals surface area (Å²) in [6.07, 6.45) is 2.57. The quantitative estimate of drug-likeness (QED) is 0.365. The van der Waals surface area contributed by atoms with E-state index in [1.54, 1.807) is 21.3 Å². The summed E-state index contributed by atoms with van der Waals surface area (Å²) in [5.74, 6) is 2.61. The molecule has 3 rings (SSSR count). The van der Waals surface area contributed by atoms with E-state index in [2.05, 4.69) is 52.3 Å². The number of hydrogen-bond donors (Lipinski definition) is 0. The Hall–Kier alpha value is -2.72. The zero-order valence-electron chi connectivity index (χ0n) is 17.7. The van der Waals surface area contributed by atoms with Gasteiger partial charge in [0.25, 0.3) is 0 Å². The van der Waals surface area contributed by atoms with E-state index < -0.39 is 0 Å². The van der Waals surface area contributed by atoms with Crippen molar-refractivity contribution in [3.8, 4) is 17.2 Å². The second kappa shape index (κ2) is 10.9. The molecule has 0 atom stereocenters. The largest absolute Gasteiger partial charge is 0.497 e. The standard InChI is InChI=1S/C26H27BrO3/c1-28-23-10-4-19(5-11-23)16-22(17-20-6-12-24(29-2)13-7-20)26(27)18-21-8-14-25(30-3)15-9-21/h4-15H,16-18H2,1-3H3. The van der Waals surface area contributed by atoms with E-state index >= 15 is 0 Å². The van der Waals surface area contributed by atoms with Gasteiger partial charge in [-0.05, 0) is 70.4 Å². The van der Waals surface area contributed by atoms with Crippen molar-refractivity contribution in [2.45, 2.75) is 19.3 Å². The molecule has 3 aromatic carbocycles. The Bertz CT molecular complexity index is 907. The summed E-state index contributed by atoms with van der Waals surface area (Å²) in [4.78, 5) is 0. The summed E-state index contributed by atoms with van der Waals surface area (Å²) in [6, 6.07) is 24.8. The van der Waals surface area contributed by atoms with Crippen LogP contribution in [0.3, 0.4) is 0 Å². The zero-order valence-corrected chi connectivity index (χ0v) is 19.2. The summed E-state index contributed by atoms with van der Waals surface area (Å²) >= 11 is 3.89. The van der Waals surface area contributed by atoms with Crippen LogP contribution in [0.2, 0.25) is 0 Å². The molecule has 156 valence electrons. The average molecular weight is 467 g/mol. The van der Waals surface area contributed by atoms with E-state index in [1.807, 2.05) is 36.4 Å². The van der Waals surface area contributed by atoms with Crippen molar-refractivity contribution in [3.05, 3.63) is 99.5 Å². The molecule has 0 radical (unpaired) electrons. The van der Waals surface area contributed by atoms with Gasteiger partial charge in [0.1, 0.15) is 17.2 Å². The van der Waals surface area contributed by atoms with E-state index in [4.69, 9.17) is 14.2 Å². The van der Waals surface area contributed by atoms with Crippen LogP contribution in [0.25, 0.3) is 0 Å². The Labute approximate surface area is 187 Å². The molecular formula is C26H27BrO3. The molecule has 3 aromatic rings. The van der Waals surface area contributed by atoms with Gasteiger partial charge in [0.15, 0.2) is 0 Å². The Morgan fingerprint density at radius 3 is 1.13 bits per heavy atom. The van der Waals surface area contributed by atoms with E-state index in [1.165, 1.54) is 26.7 Å². The zero-order chi connectivity index (χ0) is 21.3. The number of ether oxygens (including phenoxy) is 3. The van der Waals surface area contributed by atoms with Crippen LogP contribution < -0.4 is 14.2 Å². The maximum atomic E-state index is 5.29. The van der Waals surface area contributed by atoms with Gasteiger partial charge in [-0.15, -0.1) is 0 Å². The van der Waals surface area contributed by atoms with Gasteiger partial charge in [-0.2, -0.15) is 0 Å². The number of benzene rings is 3. The van der Waals surface area contributed by atoms with Crippen LogP contribution in [0, 0.1) is 0 Å². The molecule has 0 saturated heterocycles. The fourth-order valence-corrected chi connectivity index (χ4v) is 3.89. The van der Waals surface area contributed by atoms with Crippen LogP contribution in [0.15, 0.2) is 82.9 Å². The van der Waals surface area contributed by atoms with Crippen LogP contribution in [-0.4, -0.2) is 21.3 Å². The normalized spacial score (nSPS) is 10.4. The predicted octanol–water partition coefficient (Wildman–Crippen LogP) is 6.39. The summed E-state index contributed by atoms with van der Waals surface area (Å²) in [6.45, 7) is 0. The summed E-state index contributed by atoms with van der Waals surface area (Å²) < 4.78 is 17.1. The Morgan fingerprint density at radius 2 is 0.833 bits per heavy atom. The molecule has 0 fully saturated rings. The molecule has 0 bridgehead atoms. The lowest BCUT2D eigenvalue weighted by Crippen LogP contribution is -2.01. The number of methoxy groups -OCH3 is 3. The lowest BCUT2D eigenvalue weighted by atomic mass is 9.96. The maximum absolute atomic E-state index is 5.29. The molecule has 0 aliphatic carbocycles. The van der Waals surface area contributed by atoms with Crippen LogP contribution in [-0.2, 0) is 19.3 Å². The molecule has 0 spiro atoms. The van der Waals surface area contributed by atoms with Gasteiger partial charge < -0.3 is 14.2 Å². The molecule has 0 saturated carbocycles. The smallest absolute Gasteiger partial charge is 0.118 e. The number of halogens is 1.